The van der Waals surface area contributed by atoms with E-state index in [1.807, 2.05) is 6.92 Å². The number of ether oxygens (including phenoxy) is 1. The van der Waals surface area contributed by atoms with Crippen molar-refractivity contribution in [1.82, 2.24) is 9.88 Å². The molecule has 1 heterocycles. The number of pyridine rings is 1. The topological polar surface area (TPSA) is 85.5 Å². The number of carbonyl (C=O) groups excluding carboxylic acids is 2. The molecule has 1 fully saturated rings. The minimum absolute atomic E-state index is 0.0344. The number of halogens is 3. The maximum absolute atomic E-state index is 12.2. The lowest BCUT2D eigenvalue weighted by molar-refractivity contribution is -0.134. The van der Waals surface area contributed by atoms with Crippen LogP contribution >= 0.6 is 34.8 Å². The molecule has 24 heavy (non-hydrogen) atoms. The van der Waals surface area contributed by atoms with Crippen LogP contribution < -0.4 is 5.73 Å². The second-order valence-corrected chi connectivity index (χ2v) is 6.77. The number of carbonyl (C=O) groups is 2. The number of hydrogen-bond donors (Lipinski definition) is 1. The molecular weight excluding hydrogens is 377 g/mol. The molecule has 2 N–H and O–H groups in total. The third-order valence-electron chi connectivity index (χ3n) is 3.61. The molecule has 1 aromatic heterocycles. The van der Waals surface area contributed by atoms with E-state index in [0.29, 0.717) is 19.0 Å². The van der Waals surface area contributed by atoms with E-state index in [2.05, 4.69) is 4.98 Å². The van der Waals surface area contributed by atoms with Crippen LogP contribution in [0.4, 0.5) is 5.69 Å². The van der Waals surface area contributed by atoms with E-state index in [-0.39, 0.29) is 39.1 Å². The van der Waals surface area contributed by atoms with Crippen LogP contribution in [-0.4, -0.2) is 41.5 Å². The summed E-state index contributed by atoms with van der Waals surface area (Å²) in [6.07, 6.45) is 3.10. The lowest BCUT2D eigenvalue weighted by atomic mass is 10.3. The summed E-state index contributed by atoms with van der Waals surface area (Å²) >= 11 is 17.5. The van der Waals surface area contributed by atoms with Crippen molar-refractivity contribution < 1.29 is 14.3 Å². The molecule has 1 aliphatic carbocycles. The van der Waals surface area contributed by atoms with Gasteiger partial charge in [-0.3, -0.25) is 4.79 Å². The van der Waals surface area contributed by atoms with Crippen molar-refractivity contribution in [3.8, 4) is 0 Å². The molecule has 0 atom stereocenters. The number of anilines is 1. The molecule has 1 saturated carbocycles. The molecule has 9 heteroatoms. The maximum Gasteiger partial charge on any atom is 0.359 e. The zero-order valence-corrected chi connectivity index (χ0v) is 15.4. The van der Waals surface area contributed by atoms with E-state index in [9.17, 15) is 9.59 Å². The summed E-state index contributed by atoms with van der Waals surface area (Å²) in [7, 11) is 0. The fourth-order valence-electron chi connectivity index (χ4n) is 2.15. The fraction of sp³-hybridized carbons (Fsp3) is 0.533. The van der Waals surface area contributed by atoms with Crippen LogP contribution in [0.5, 0.6) is 0 Å². The van der Waals surface area contributed by atoms with Gasteiger partial charge in [-0.15, -0.1) is 0 Å². The first-order chi connectivity index (χ1) is 11.3. The Labute approximate surface area is 155 Å². The lowest BCUT2D eigenvalue weighted by Crippen LogP contribution is -2.37. The van der Waals surface area contributed by atoms with Crippen LogP contribution in [0, 0.1) is 5.92 Å². The van der Waals surface area contributed by atoms with Crippen molar-refractivity contribution in [3.05, 3.63) is 20.9 Å². The first kappa shape index (κ1) is 19.1. The van der Waals surface area contributed by atoms with Crippen LogP contribution in [-0.2, 0) is 9.53 Å². The molecule has 1 aliphatic rings. The molecule has 0 bridgehead atoms. The maximum atomic E-state index is 12.2. The van der Waals surface area contributed by atoms with Gasteiger partial charge in [0.05, 0.1) is 10.7 Å². The van der Waals surface area contributed by atoms with Crippen LogP contribution in [0.25, 0.3) is 0 Å². The van der Waals surface area contributed by atoms with Gasteiger partial charge in [0.15, 0.2) is 17.5 Å². The summed E-state index contributed by atoms with van der Waals surface area (Å²) in [4.78, 5) is 29.8. The van der Waals surface area contributed by atoms with Gasteiger partial charge in [-0.25, -0.2) is 9.78 Å². The molecular formula is C15H18Cl3N3O3. The highest BCUT2D eigenvalue weighted by atomic mass is 35.5. The van der Waals surface area contributed by atoms with E-state index >= 15 is 0 Å². The zero-order valence-electron chi connectivity index (χ0n) is 13.2. The highest BCUT2D eigenvalue weighted by Gasteiger charge is 2.27. The average Bonchev–Trinajstić information content (AvgIpc) is 3.37. The SMILES string of the molecule is CCCN(CC1CC1)C(=O)COC(=O)c1nc(Cl)c(Cl)c(N)c1Cl. The van der Waals surface area contributed by atoms with Crippen molar-refractivity contribution >= 4 is 52.4 Å². The second kappa shape index (κ2) is 8.23. The monoisotopic (exact) mass is 393 g/mol. The Morgan fingerprint density at radius 3 is 2.54 bits per heavy atom. The van der Waals surface area contributed by atoms with Gasteiger partial charge in [-0.05, 0) is 25.2 Å². The molecule has 1 aromatic rings. The summed E-state index contributed by atoms with van der Waals surface area (Å²) in [5.74, 6) is -0.565. The van der Waals surface area contributed by atoms with Crippen molar-refractivity contribution in [3.63, 3.8) is 0 Å². The molecule has 0 unspecified atom stereocenters. The molecule has 0 aromatic carbocycles. The Morgan fingerprint density at radius 2 is 1.96 bits per heavy atom. The number of esters is 1. The summed E-state index contributed by atoms with van der Waals surface area (Å²) < 4.78 is 5.02. The van der Waals surface area contributed by atoms with Gasteiger partial charge in [-0.2, -0.15) is 0 Å². The molecule has 2 rings (SSSR count). The Kier molecular flexibility index (Phi) is 6.54. The quantitative estimate of drug-likeness (QED) is 0.565. The Morgan fingerprint density at radius 1 is 1.29 bits per heavy atom. The second-order valence-electron chi connectivity index (χ2n) is 5.65. The van der Waals surface area contributed by atoms with Crippen LogP contribution in [0.2, 0.25) is 15.2 Å². The van der Waals surface area contributed by atoms with Crippen LogP contribution in [0.15, 0.2) is 0 Å². The number of rotatable bonds is 7. The number of nitrogen functional groups attached to an aromatic ring is 1. The molecule has 6 nitrogen and oxygen atoms in total. The highest BCUT2D eigenvalue weighted by Crippen LogP contribution is 2.34. The standard InChI is InChI=1S/C15H18Cl3N3O3/c1-2-5-21(6-8-3-4-8)9(22)7-24-15(23)13-10(16)12(19)11(17)14(18)20-13/h8H,2-7H2,1H3,(H2,19,20). The Balaban J connectivity index is 2.00. The lowest BCUT2D eigenvalue weighted by Gasteiger charge is -2.21. The molecule has 0 aliphatic heterocycles. The normalized spacial score (nSPS) is 13.7. The average molecular weight is 395 g/mol. The number of hydrogen-bond acceptors (Lipinski definition) is 5. The summed E-state index contributed by atoms with van der Waals surface area (Å²) in [6.45, 7) is 2.93. The van der Waals surface area contributed by atoms with Crippen LogP contribution in [0.1, 0.15) is 36.7 Å². The fourth-order valence-corrected chi connectivity index (χ4v) is 2.74. The van der Waals surface area contributed by atoms with E-state index in [4.69, 9.17) is 45.3 Å². The number of amides is 1. The van der Waals surface area contributed by atoms with E-state index < -0.39 is 5.97 Å². The molecule has 0 radical (unpaired) electrons. The van der Waals surface area contributed by atoms with Gasteiger partial charge in [0.25, 0.3) is 5.91 Å². The van der Waals surface area contributed by atoms with Gasteiger partial charge in [0, 0.05) is 13.1 Å². The van der Waals surface area contributed by atoms with Crippen molar-refractivity contribution in [2.24, 2.45) is 5.92 Å². The van der Waals surface area contributed by atoms with Crippen molar-refractivity contribution in [2.75, 3.05) is 25.4 Å². The van der Waals surface area contributed by atoms with Gasteiger partial charge in [0.1, 0.15) is 5.02 Å². The van der Waals surface area contributed by atoms with Crippen molar-refractivity contribution in [2.45, 2.75) is 26.2 Å². The zero-order chi connectivity index (χ0) is 17.9. The largest absolute Gasteiger partial charge is 0.451 e. The van der Waals surface area contributed by atoms with Crippen LogP contribution in [0.3, 0.4) is 0 Å². The first-order valence-electron chi connectivity index (χ1n) is 7.60. The first-order valence-corrected chi connectivity index (χ1v) is 8.73. The van der Waals surface area contributed by atoms with E-state index in [1.54, 1.807) is 4.90 Å². The molecule has 132 valence electrons. The smallest absolute Gasteiger partial charge is 0.359 e. The van der Waals surface area contributed by atoms with Gasteiger partial charge < -0.3 is 15.4 Å². The van der Waals surface area contributed by atoms with E-state index in [0.717, 1.165) is 19.3 Å². The summed E-state index contributed by atoms with van der Waals surface area (Å²) in [6, 6.07) is 0. The van der Waals surface area contributed by atoms with Gasteiger partial charge in [0.2, 0.25) is 0 Å². The molecule has 1 amide bonds. The number of nitrogens with zero attached hydrogens (tertiary/aromatic N) is 2. The highest BCUT2D eigenvalue weighted by molar-refractivity contribution is 6.46. The third kappa shape index (κ3) is 4.65. The predicted molar refractivity (Wildman–Crippen MR) is 93.6 cm³/mol. The van der Waals surface area contributed by atoms with Gasteiger partial charge in [-0.1, -0.05) is 41.7 Å². The van der Waals surface area contributed by atoms with Gasteiger partial charge >= 0.3 is 5.97 Å². The Bertz CT molecular complexity index is 651. The van der Waals surface area contributed by atoms with Crippen molar-refractivity contribution in [1.29, 1.82) is 0 Å². The minimum Gasteiger partial charge on any atom is -0.451 e. The number of nitrogens with two attached hydrogens (primary N) is 1. The predicted octanol–water partition coefficient (Wildman–Crippen LogP) is 3.43. The molecule has 0 spiro atoms. The minimum atomic E-state index is -0.874. The third-order valence-corrected chi connectivity index (χ3v) is 4.75. The number of aromatic nitrogens is 1. The Hall–Kier alpha value is -1.24. The summed E-state index contributed by atoms with van der Waals surface area (Å²) in [5, 5.41) is -0.337. The van der Waals surface area contributed by atoms with E-state index in [1.165, 1.54) is 0 Å². The molecule has 0 saturated heterocycles. The summed E-state index contributed by atoms with van der Waals surface area (Å²) in [5.41, 5.74) is 5.33.